The summed E-state index contributed by atoms with van der Waals surface area (Å²) in [6.07, 6.45) is -41.7. The predicted octanol–water partition coefficient (Wildman–Crippen LogP) is 11.8. The van der Waals surface area contributed by atoms with Crippen LogP contribution in [-0.4, -0.2) is 87.5 Å². The molecule has 0 aliphatic heterocycles. The fourth-order valence-corrected chi connectivity index (χ4v) is 1.65. The number of alkyl halides is 24. The fourth-order valence-electron chi connectivity index (χ4n) is 1.65. The zero-order valence-electron chi connectivity index (χ0n) is 23.4. The molecule has 0 saturated carbocycles. The minimum absolute atomic E-state index is 0. The highest BCUT2D eigenvalue weighted by molar-refractivity contribution is 4.95. The van der Waals surface area contributed by atoms with Crippen LogP contribution in [-0.2, 0) is 18.9 Å². The normalized spacial score (nSPS) is 15.1. The van der Waals surface area contributed by atoms with E-state index in [0.717, 1.165) is 6.26 Å². The van der Waals surface area contributed by atoms with Gasteiger partial charge in [0.05, 0.1) is 26.3 Å². The smallest absolute Gasteiger partial charge is 0.462 e. The van der Waals surface area contributed by atoms with Crippen molar-refractivity contribution in [1.29, 1.82) is 0 Å². The Morgan fingerprint density at radius 1 is 0.529 bits per heavy atom. The van der Waals surface area contributed by atoms with Gasteiger partial charge < -0.3 is 9.47 Å². The van der Waals surface area contributed by atoms with Crippen molar-refractivity contribution in [2.45, 2.75) is 81.8 Å². The van der Waals surface area contributed by atoms with Crippen LogP contribution in [0, 0.1) is 0 Å². The van der Waals surface area contributed by atoms with Crippen LogP contribution < -0.4 is 0 Å². The number of hydrogen-bond acceptors (Lipinski definition) is 4. The van der Waals surface area contributed by atoms with E-state index in [9.17, 15) is 105 Å². The Morgan fingerprint density at radius 3 is 1.16 bits per heavy atom. The summed E-state index contributed by atoms with van der Waals surface area (Å²) < 4.78 is 304. The van der Waals surface area contributed by atoms with Gasteiger partial charge in [-0.05, 0) is 0 Å². The van der Waals surface area contributed by atoms with Gasteiger partial charge in [0, 0.05) is 12.5 Å². The molecule has 0 aromatic rings. The molecule has 2 atom stereocenters. The van der Waals surface area contributed by atoms with E-state index >= 15 is 0 Å². The van der Waals surface area contributed by atoms with E-state index in [1.54, 1.807) is 0 Å². The Hall–Kier alpha value is -2.94. The van der Waals surface area contributed by atoms with Crippen LogP contribution in [0.25, 0.3) is 0 Å². The van der Waals surface area contributed by atoms with Crippen molar-refractivity contribution < 1.29 is 124 Å². The van der Waals surface area contributed by atoms with Crippen LogP contribution in [0.5, 0.6) is 0 Å². The molecule has 0 aromatic carbocycles. The monoisotopic (exact) mass is 824 g/mol. The average molecular weight is 824 g/mol. The number of ether oxygens (including phenoxy) is 4. The van der Waals surface area contributed by atoms with Crippen molar-refractivity contribution in [1.82, 2.24) is 0 Å². The van der Waals surface area contributed by atoms with Crippen LogP contribution in [0.4, 0.5) is 105 Å². The molecule has 0 spiro atoms. The number of hydrogen-bond donors (Lipinski definition) is 0. The molecule has 0 saturated heterocycles. The minimum Gasteiger partial charge on any atom is -0.502 e. The van der Waals surface area contributed by atoms with Gasteiger partial charge in [0.25, 0.3) is 5.92 Å². The van der Waals surface area contributed by atoms with Crippen LogP contribution in [0.3, 0.4) is 0 Å². The molecule has 0 amide bonds. The van der Waals surface area contributed by atoms with E-state index in [0.29, 0.717) is 7.18 Å². The van der Waals surface area contributed by atoms with Crippen molar-refractivity contribution in [3.8, 4) is 0 Å². The second-order valence-corrected chi connectivity index (χ2v) is 7.63. The molecule has 0 bridgehead atoms. The van der Waals surface area contributed by atoms with Crippen molar-refractivity contribution in [3.05, 3.63) is 38.3 Å². The summed E-state index contributed by atoms with van der Waals surface area (Å²) in [6.45, 7) is 3.40. The molecule has 0 aliphatic rings. The summed E-state index contributed by atoms with van der Waals surface area (Å²) in [5.41, 5.74) is 0. The van der Waals surface area contributed by atoms with E-state index in [2.05, 4.69) is 29.2 Å². The molecule has 0 radical (unpaired) electrons. The van der Waals surface area contributed by atoms with Gasteiger partial charge in [0.2, 0.25) is 0 Å². The minimum atomic E-state index is -7.89. The first-order valence-electron chi connectivity index (χ1n) is 11.0. The van der Waals surface area contributed by atoms with Crippen molar-refractivity contribution in [3.63, 3.8) is 0 Å². The Kier molecular flexibility index (Phi) is 25.4. The first kappa shape index (κ1) is 60.2. The fraction of sp³-hybridized carbons (Fsp3) is 0.739. The molecule has 0 aliphatic carbocycles. The lowest BCUT2D eigenvalue weighted by molar-refractivity contribution is -0.552. The first-order valence-corrected chi connectivity index (χ1v) is 11.0. The largest absolute Gasteiger partial charge is 0.502 e. The average Bonchev–Trinajstić information content (AvgIpc) is 2.91. The Bertz CT molecular complexity index is 972. The lowest BCUT2D eigenvalue weighted by Gasteiger charge is -2.40. The van der Waals surface area contributed by atoms with Gasteiger partial charge in [0.15, 0.2) is 13.3 Å². The van der Waals surface area contributed by atoms with Crippen molar-refractivity contribution in [2.75, 3.05) is 27.1 Å². The SMILES string of the molecule is C.C.C=CC(F)(F)F.C=COCC(F)(OC(F)(F)C(F)(OC(F)(F)C(F)(F)C(F)(F)F)C(F)(F)F)C(F)(F)F.C=COCCC(F)(F)CF.CF. The maximum atomic E-state index is 13.7. The second kappa shape index (κ2) is 21.6. The topological polar surface area (TPSA) is 36.9 Å². The maximum absolute atomic E-state index is 13.7. The maximum Gasteiger partial charge on any atom is 0.462 e. The number of allylic oxidation sites excluding steroid dienone is 1. The number of halogens is 24. The van der Waals surface area contributed by atoms with Gasteiger partial charge in [0.1, 0.15) is 0 Å². The molecule has 312 valence electrons. The van der Waals surface area contributed by atoms with Gasteiger partial charge in [-0.2, -0.15) is 87.8 Å². The van der Waals surface area contributed by atoms with E-state index in [-0.39, 0.29) is 33.8 Å². The van der Waals surface area contributed by atoms with Crippen LogP contribution in [0.15, 0.2) is 38.3 Å². The van der Waals surface area contributed by atoms with Crippen LogP contribution >= 0.6 is 0 Å². The van der Waals surface area contributed by atoms with Gasteiger partial charge in [-0.3, -0.25) is 13.9 Å². The quantitative estimate of drug-likeness (QED) is 0.0757. The Labute approximate surface area is 272 Å². The standard InChI is InChI=1S/C11H5F17O3.C6H9F3O.C3H3F3.CH3F.2CH4/c1-2-29-3-4(12,7(16,17)18)30-11(27,28)6(15,9(22,23)24)31-10(25,26)5(13,14)8(19,20)21;1-2-10-4-3-6(8,9)5-7;1-2-3(4,5)6;1-2;;/h2H,1,3H2;2H,1,3-5H2;2H,1H2;1H3;2*1H4. The highest BCUT2D eigenvalue weighted by Gasteiger charge is 2.85. The summed E-state index contributed by atoms with van der Waals surface area (Å²) in [4.78, 5) is 0. The molecule has 0 N–H and O–H groups in total. The molecule has 51 heavy (non-hydrogen) atoms. The molecule has 4 nitrogen and oxygen atoms in total. The first-order chi connectivity index (χ1) is 21.4. The third-order valence-corrected chi connectivity index (χ3v) is 3.96. The van der Waals surface area contributed by atoms with Crippen molar-refractivity contribution in [2.24, 2.45) is 0 Å². The second-order valence-electron chi connectivity index (χ2n) is 7.63. The molecular formula is C23H28F24O4. The molecule has 2 unspecified atom stereocenters. The van der Waals surface area contributed by atoms with Gasteiger partial charge in [-0.15, -0.1) is 0 Å². The van der Waals surface area contributed by atoms with E-state index < -0.39 is 80.2 Å². The zero-order valence-corrected chi connectivity index (χ0v) is 23.4. The summed E-state index contributed by atoms with van der Waals surface area (Å²) in [6, 6.07) is 0. The highest BCUT2D eigenvalue weighted by Crippen LogP contribution is 2.56. The molecule has 0 fully saturated rings. The highest BCUT2D eigenvalue weighted by atomic mass is 19.4. The van der Waals surface area contributed by atoms with Crippen LogP contribution in [0.1, 0.15) is 21.3 Å². The Balaban J connectivity index is -0.000000208. The van der Waals surface area contributed by atoms with E-state index in [4.69, 9.17) is 0 Å². The third-order valence-electron chi connectivity index (χ3n) is 3.96. The molecular weight excluding hydrogens is 796 g/mol. The van der Waals surface area contributed by atoms with Gasteiger partial charge in [-0.1, -0.05) is 34.6 Å². The molecule has 0 heterocycles. The summed E-state index contributed by atoms with van der Waals surface area (Å²) in [7, 11) is 0.500. The summed E-state index contributed by atoms with van der Waals surface area (Å²) >= 11 is 0. The summed E-state index contributed by atoms with van der Waals surface area (Å²) in [5, 5.41) is 0. The van der Waals surface area contributed by atoms with Crippen LogP contribution in [0.2, 0.25) is 0 Å². The summed E-state index contributed by atoms with van der Waals surface area (Å²) in [5.74, 6) is -25.1. The molecule has 0 rings (SSSR count). The lowest BCUT2D eigenvalue weighted by atomic mass is 10.2. The predicted molar refractivity (Wildman–Crippen MR) is 127 cm³/mol. The van der Waals surface area contributed by atoms with Crippen molar-refractivity contribution >= 4 is 0 Å². The van der Waals surface area contributed by atoms with E-state index in [1.807, 2.05) is 4.74 Å². The van der Waals surface area contributed by atoms with E-state index in [1.165, 1.54) is 4.74 Å². The van der Waals surface area contributed by atoms with Gasteiger partial charge >= 0.3 is 54.6 Å². The molecule has 0 aromatic heterocycles. The number of rotatable bonds is 14. The lowest BCUT2D eigenvalue weighted by Crippen LogP contribution is -2.67. The third kappa shape index (κ3) is 18.9. The molecule has 28 heteroatoms. The zero-order chi connectivity index (χ0) is 40.8. The Morgan fingerprint density at radius 2 is 0.902 bits per heavy atom. The van der Waals surface area contributed by atoms with Gasteiger partial charge in [-0.25, -0.2) is 13.2 Å².